The monoisotopic (exact) mass is 679 g/mol. The molecule has 3 aliphatic rings. The predicted octanol–water partition coefficient (Wildman–Crippen LogP) is 1.96. The third-order valence-electron chi connectivity index (χ3n) is 10.5. The molecule has 0 aromatic carbocycles. The van der Waals surface area contributed by atoms with Crippen molar-refractivity contribution >= 4 is 23.5 Å². The molecule has 3 fully saturated rings. The summed E-state index contributed by atoms with van der Waals surface area (Å²) in [5.41, 5.74) is -0.381. The highest BCUT2D eigenvalue weighted by Crippen LogP contribution is 2.35. The van der Waals surface area contributed by atoms with Crippen molar-refractivity contribution in [3.63, 3.8) is 0 Å². The average Bonchev–Trinajstić information content (AvgIpc) is 3.12. The highest BCUT2D eigenvalue weighted by molar-refractivity contribution is 5.79. The van der Waals surface area contributed by atoms with E-state index in [1.807, 2.05) is 0 Å². The smallest absolute Gasteiger partial charge is 0.307 e. The van der Waals surface area contributed by atoms with Gasteiger partial charge in [0, 0.05) is 136 Å². The average molecular weight is 679 g/mol. The summed E-state index contributed by atoms with van der Waals surface area (Å²) in [5, 5.41) is 6.71. The predicted molar refractivity (Wildman–Crippen MR) is 188 cm³/mol. The van der Waals surface area contributed by atoms with Gasteiger partial charge >= 0.3 is 11.9 Å². The first-order chi connectivity index (χ1) is 23.3. The van der Waals surface area contributed by atoms with Crippen LogP contribution in [0.5, 0.6) is 0 Å². The quantitative estimate of drug-likeness (QED) is 0.115. The number of hydrogen-bond acceptors (Lipinski definition) is 12. The second-order valence-electron chi connectivity index (χ2n) is 14.0. The maximum absolute atomic E-state index is 13.0. The van der Waals surface area contributed by atoms with Gasteiger partial charge in [0.1, 0.15) is 11.6 Å². The molecular formula is C36H66N6O6. The summed E-state index contributed by atoms with van der Waals surface area (Å²) in [6.45, 7) is 19.0. The number of carbonyl (C=O) groups is 4. The summed E-state index contributed by atoms with van der Waals surface area (Å²) < 4.78 is 11.2. The SMILES string of the molecule is CCCCOC(=O)CCN1CCN(CCC(=O)OCC(CC)(CCC(=O)CCN2CCNCC2)CCC(=O)CCN2CCNCC2)CC1. The molecule has 0 amide bonds. The van der Waals surface area contributed by atoms with E-state index in [9.17, 15) is 19.2 Å². The van der Waals surface area contributed by atoms with Gasteiger partial charge in [-0.3, -0.25) is 19.2 Å². The fraction of sp³-hybridized carbons (Fsp3) is 0.889. The normalized spacial score (nSPS) is 18.9. The molecule has 0 aromatic heterocycles. The van der Waals surface area contributed by atoms with E-state index in [4.69, 9.17) is 9.47 Å². The van der Waals surface area contributed by atoms with Crippen LogP contribution in [0.4, 0.5) is 0 Å². The minimum Gasteiger partial charge on any atom is -0.466 e. The van der Waals surface area contributed by atoms with Crippen LogP contribution in [0.15, 0.2) is 0 Å². The van der Waals surface area contributed by atoms with E-state index in [1.165, 1.54) is 0 Å². The Balaban J connectivity index is 1.41. The molecule has 276 valence electrons. The van der Waals surface area contributed by atoms with Crippen molar-refractivity contribution in [2.24, 2.45) is 5.41 Å². The second kappa shape index (κ2) is 23.4. The van der Waals surface area contributed by atoms with Gasteiger partial charge in [0.15, 0.2) is 0 Å². The Morgan fingerprint density at radius 1 is 0.562 bits per heavy atom. The first-order valence-electron chi connectivity index (χ1n) is 19.0. The number of Topliss-reactive ketones (excluding diaryl/α,β-unsaturated/α-hetero) is 2. The molecule has 3 heterocycles. The number of hydrogen-bond donors (Lipinski definition) is 2. The van der Waals surface area contributed by atoms with Crippen LogP contribution in [0.3, 0.4) is 0 Å². The molecule has 12 nitrogen and oxygen atoms in total. The summed E-state index contributed by atoms with van der Waals surface area (Å²) in [6.07, 6.45) is 6.66. The van der Waals surface area contributed by atoms with Crippen molar-refractivity contribution in [3.05, 3.63) is 0 Å². The van der Waals surface area contributed by atoms with E-state index in [0.717, 1.165) is 111 Å². The number of carbonyl (C=O) groups excluding carboxylic acids is 4. The maximum atomic E-state index is 13.0. The Morgan fingerprint density at radius 3 is 1.42 bits per heavy atom. The van der Waals surface area contributed by atoms with Crippen LogP contribution in [-0.2, 0) is 28.7 Å². The maximum Gasteiger partial charge on any atom is 0.307 e. The summed E-state index contributed by atoms with van der Waals surface area (Å²) in [6, 6.07) is 0. The summed E-state index contributed by atoms with van der Waals surface area (Å²) in [4.78, 5) is 60.1. The van der Waals surface area contributed by atoms with Gasteiger partial charge in [-0.25, -0.2) is 0 Å². The molecule has 3 saturated heterocycles. The molecule has 3 rings (SSSR count). The van der Waals surface area contributed by atoms with Crippen molar-refractivity contribution in [2.45, 2.75) is 84.5 Å². The van der Waals surface area contributed by atoms with Crippen LogP contribution in [0.1, 0.15) is 84.5 Å². The Kier molecular flexibility index (Phi) is 19.8. The number of nitrogens with one attached hydrogen (secondary N) is 2. The highest BCUT2D eigenvalue weighted by atomic mass is 16.5. The lowest BCUT2D eigenvalue weighted by Gasteiger charge is -2.34. The first kappa shape index (κ1) is 40.5. The minimum absolute atomic E-state index is 0.129. The van der Waals surface area contributed by atoms with Gasteiger partial charge in [-0.1, -0.05) is 20.3 Å². The zero-order valence-electron chi connectivity index (χ0n) is 30.2. The first-order valence-corrected chi connectivity index (χ1v) is 19.0. The van der Waals surface area contributed by atoms with Gasteiger partial charge in [-0.2, -0.15) is 0 Å². The zero-order chi connectivity index (χ0) is 34.5. The van der Waals surface area contributed by atoms with Crippen LogP contribution >= 0.6 is 0 Å². The molecular weight excluding hydrogens is 612 g/mol. The lowest BCUT2D eigenvalue weighted by atomic mass is 9.76. The lowest BCUT2D eigenvalue weighted by molar-refractivity contribution is -0.148. The van der Waals surface area contributed by atoms with Crippen molar-refractivity contribution < 1.29 is 28.7 Å². The molecule has 0 aliphatic carbocycles. The van der Waals surface area contributed by atoms with E-state index in [1.54, 1.807) is 0 Å². The van der Waals surface area contributed by atoms with Crippen molar-refractivity contribution in [1.82, 2.24) is 30.2 Å². The minimum atomic E-state index is -0.381. The number of esters is 2. The number of ether oxygens (including phenoxy) is 2. The Hall–Kier alpha value is -1.96. The molecule has 12 heteroatoms. The molecule has 0 spiro atoms. The van der Waals surface area contributed by atoms with Crippen molar-refractivity contribution in [2.75, 3.05) is 118 Å². The highest BCUT2D eigenvalue weighted by Gasteiger charge is 2.32. The molecule has 0 unspecified atom stereocenters. The third-order valence-corrected chi connectivity index (χ3v) is 10.5. The number of nitrogens with zero attached hydrogens (tertiary/aromatic N) is 4. The van der Waals surface area contributed by atoms with Crippen molar-refractivity contribution in [1.29, 1.82) is 0 Å². The molecule has 2 N–H and O–H groups in total. The largest absolute Gasteiger partial charge is 0.466 e. The van der Waals surface area contributed by atoms with Gasteiger partial charge in [0.05, 0.1) is 26.1 Å². The number of ketones is 2. The Morgan fingerprint density at radius 2 is 0.979 bits per heavy atom. The fourth-order valence-corrected chi connectivity index (χ4v) is 6.66. The van der Waals surface area contributed by atoms with Gasteiger partial charge in [0.2, 0.25) is 0 Å². The van der Waals surface area contributed by atoms with Crippen LogP contribution in [0, 0.1) is 5.41 Å². The van der Waals surface area contributed by atoms with E-state index in [-0.39, 0.29) is 35.5 Å². The molecule has 3 aliphatic heterocycles. The van der Waals surface area contributed by atoms with E-state index in [2.05, 4.69) is 44.1 Å². The molecule has 0 radical (unpaired) electrons. The van der Waals surface area contributed by atoms with E-state index < -0.39 is 0 Å². The van der Waals surface area contributed by atoms with Crippen LogP contribution in [-0.4, -0.2) is 161 Å². The molecule has 0 aromatic rings. The van der Waals surface area contributed by atoms with E-state index >= 15 is 0 Å². The zero-order valence-corrected chi connectivity index (χ0v) is 30.2. The molecule has 0 saturated carbocycles. The molecule has 0 atom stereocenters. The summed E-state index contributed by atoms with van der Waals surface area (Å²) >= 11 is 0. The van der Waals surface area contributed by atoms with Crippen LogP contribution in [0.25, 0.3) is 0 Å². The lowest BCUT2D eigenvalue weighted by Crippen LogP contribution is -2.47. The van der Waals surface area contributed by atoms with Gasteiger partial charge in [-0.15, -0.1) is 0 Å². The number of piperazine rings is 3. The van der Waals surface area contributed by atoms with Gasteiger partial charge < -0.3 is 39.7 Å². The van der Waals surface area contributed by atoms with Gasteiger partial charge in [-0.05, 0) is 25.7 Å². The Labute approximate surface area is 290 Å². The Bertz CT molecular complexity index is 909. The standard InChI is InChI=1S/C36H66N6O6/c1-3-5-30-47-34(45)10-20-41-26-28-42(29-27-41)21-11-35(46)48-31-36(4-2,12-6-32(43)8-18-39-22-14-37-15-23-39)13-7-33(44)9-19-40-24-16-38-17-25-40/h37-38H,3-31H2,1-2H3. The van der Waals surface area contributed by atoms with Gasteiger partial charge in [0.25, 0.3) is 0 Å². The molecule has 48 heavy (non-hydrogen) atoms. The fourth-order valence-electron chi connectivity index (χ4n) is 6.66. The number of unbranched alkanes of at least 4 members (excludes halogenated alkanes) is 1. The topological polar surface area (TPSA) is 124 Å². The van der Waals surface area contributed by atoms with Crippen molar-refractivity contribution in [3.8, 4) is 0 Å². The van der Waals surface area contributed by atoms with E-state index in [0.29, 0.717) is 71.1 Å². The summed E-state index contributed by atoms with van der Waals surface area (Å²) in [7, 11) is 0. The molecule has 0 bridgehead atoms. The van der Waals surface area contributed by atoms with Crippen LogP contribution in [0.2, 0.25) is 0 Å². The van der Waals surface area contributed by atoms with Crippen LogP contribution < -0.4 is 10.6 Å². The second-order valence-corrected chi connectivity index (χ2v) is 14.0. The third kappa shape index (κ3) is 16.6. The summed E-state index contributed by atoms with van der Waals surface area (Å²) in [5.74, 6) is 0.140. The number of rotatable bonds is 24.